The quantitative estimate of drug-likeness (QED) is 0.881. The highest BCUT2D eigenvalue weighted by Gasteiger charge is 2.26. The molecule has 1 aliphatic rings. The van der Waals surface area contributed by atoms with E-state index < -0.39 is 0 Å². The second-order valence-corrected chi connectivity index (χ2v) is 5.06. The molecule has 0 saturated carbocycles. The van der Waals surface area contributed by atoms with Crippen molar-refractivity contribution in [3.8, 4) is 11.5 Å². The molecule has 2 unspecified atom stereocenters. The Morgan fingerprint density at radius 1 is 1.45 bits per heavy atom. The molecule has 0 aliphatic carbocycles. The van der Waals surface area contributed by atoms with Crippen molar-refractivity contribution in [1.29, 1.82) is 0 Å². The van der Waals surface area contributed by atoms with Gasteiger partial charge in [-0.3, -0.25) is 4.79 Å². The summed E-state index contributed by atoms with van der Waals surface area (Å²) in [6, 6.07) is 7.56. The summed E-state index contributed by atoms with van der Waals surface area (Å²) in [5, 5.41) is 0. The van der Waals surface area contributed by atoms with Crippen LogP contribution in [-0.4, -0.2) is 43.7 Å². The zero-order valence-electron chi connectivity index (χ0n) is 12.0. The molecule has 0 fully saturated rings. The van der Waals surface area contributed by atoms with Gasteiger partial charge in [-0.1, -0.05) is 19.1 Å². The lowest BCUT2D eigenvalue weighted by Crippen LogP contribution is -2.44. The molecule has 0 spiro atoms. The molecule has 1 heterocycles. The Hall–Kier alpha value is -1.75. The maximum Gasteiger partial charge on any atom is 0.226 e. The number of para-hydroxylation sites is 2. The largest absolute Gasteiger partial charge is 0.486 e. The van der Waals surface area contributed by atoms with Crippen LogP contribution in [0.1, 0.15) is 13.3 Å². The van der Waals surface area contributed by atoms with Crippen LogP contribution in [0.4, 0.5) is 0 Å². The van der Waals surface area contributed by atoms with Crippen LogP contribution in [0.2, 0.25) is 0 Å². The molecule has 1 amide bonds. The van der Waals surface area contributed by atoms with Gasteiger partial charge >= 0.3 is 0 Å². The van der Waals surface area contributed by atoms with E-state index in [0.717, 1.165) is 17.9 Å². The predicted octanol–water partition coefficient (Wildman–Crippen LogP) is 1.27. The fourth-order valence-corrected chi connectivity index (χ4v) is 2.30. The predicted molar refractivity (Wildman–Crippen MR) is 76.8 cm³/mol. The number of rotatable bonds is 5. The maximum atomic E-state index is 12.2. The van der Waals surface area contributed by atoms with Gasteiger partial charge < -0.3 is 20.1 Å². The molecule has 1 aromatic rings. The van der Waals surface area contributed by atoms with E-state index in [0.29, 0.717) is 19.7 Å². The molecule has 2 rings (SSSR count). The number of likely N-dealkylation sites (N-methyl/N-ethyl adjacent to an activating group) is 1. The highest BCUT2D eigenvalue weighted by molar-refractivity contribution is 5.78. The number of hydrogen-bond acceptors (Lipinski definition) is 4. The molecule has 1 aliphatic heterocycles. The van der Waals surface area contributed by atoms with Crippen LogP contribution >= 0.6 is 0 Å². The van der Waals surface area contributed by atoms with Crippen LogP contribution in [0.15, 0.2) is 24.3 Å². The van der Waals surface area contributed by atoms with Crippen LogP contribution in [0.25, 0.3) is 0 Å². The maximum absolute atomic E-state index is 12.2. The molecule has 110 valence electrons. The summed E-state index contributed by atoms with van der Waals surface area (Å²) >= 11 is 0. The van der Waals surface area contributed by atoms with E-state index in [1.807, 2.05) is 31.2 Å². The van der Waals surface area contributed by atoms with Gasteiger partial charge in [-0.15, -0.1) is 0 Å². The topological polar surface area (TPSA) is 64.8 Å². The Morgan fingerprint density at radius 3 is 2.80 bits per heavy atom. The lowest BCUT2D eigenvalue weighted by molar-refractivity contribution is -0.135. The molecule has 0 radical (unpaired) electrons. The van der Waals surface area contributed by atoms with Crippen LogP contribution in [0.3, 0.4) is 0 Å². The lowest BCUT2D eigenvalue weighted by atomic mass is 10.1. The minimum Gasteiger partial charge on any atom is -0.486 e. The van der Waals surface area contributed by atoms with E-state index in [9.17, 15) is 4.79 Å². The molecular weight excluding hydrogens is 256 g/mol. The third-order valence-corrected chi connectivity index (χ3v) is 3.55. The summed E-state index contributed by atoms with van der Waals surface area (Å²) in [5.74, 6) is 1.44. The third kappa shape index (κ3) is 3.22. The summed E-state index contributed by atoms with van der Waals surface area (Å²) in [7, 11) is 1.78. The monoisotopic (exact) mass is 278 g/mol. The summed E-state index contributed by atoms with van der Waals surface area (Å²) in [6.45, 7) is 3.31. The van der Waals surface area contributed by atoms with Gasteiger partial charge in [-0.25, -0.2) is 0 Å². The zero-order valence-corrected chi connectivity index (χ0v) is 12.0. The van der Waals surface area contributed by atoms with Crippen molar-refractivity contribution in [3.05, 3.63) is 24.3 Å². The molecule has 0 bridgehead atoms. The average Bonchev–Trinajstić information content (AvgIpc) is 2.48. The number of hydrogen-bond donors (Lipinski definition) is 1. The van der Waals surface area contributed by atoms with E-state index in [1.165, 1.54) is 0 Å². The first-order chi connectivity index (χ1) is 9.65. The summed E-state index contributed by atoms with van der Waals surface area (Å²) in [4.78, 5) is 13.9. The Morgan fingerprint density at radius 2 is 2.15 bits per heavy atom. The second-order valence-electron chi connectivity index (χ2n) is 5.06. The molecular formula is C15H22N2O3. The summed E-state index contributed by atoms with van der Waals surface area (Å²) in [5.41, 5.74) is 5.61. The van der Waals surface area contributed by atoms with Crippen molar-refractivity contribution in [2.45, 2.75) is 19.4 Å². The van der Waals surface area contributed by atoms with Crippen molar-refractivity contribution in [3.63, 3.8) is 0 Å². The number of benzene rings is 1. The molecule has 5 nitrogen and oxygen atoms in total. The van der Waals surface area contributed by atoms with E-state index in [2.05, 4.69) is 0 Å². The Kier molecular flexibility index (Phi) is 4.84. The Labute approximate surface area is 119 Å². The van der Waals surface area contributed by atoms with E-state index >= 15 is 0 Å². The van der Waals surface area contributed by atoms with Crippen LogP contribution in [0.5, 0.6) is 11.5 Å². The van der Waals surface area contributed by atoms with Gasteiger partial charge in [0.25, 0.3) is 0 Å². The van der Waals surface area contributed by atoms with Crippen LogP contribution in [-0.2, 0) is 4.79 Å². The SMILES string of the molecule is CCC(CN)C(=O)N(C)CC1COc2ccccc2O1. The van der Waals surface area contributed by atoms with Gasteiger partial charge in [0, 0.05) is 13.6 Å². The van der Waals surface area contributed by atoms with E-state index in [4.69, 9.17) is 15.2 Å². The molecule has 1 aromatic carbocycles. The molecule has 0 aromatic heterocycles. The first-order valence-corrected chi connectivity index (χ1v) is 6.99. The fraction of sp³-hybridized carbons (Fsp3) is 0.533. The third-order valence-electron chi connectivity index (χ3n) is 3.55. The van der Waals surface area contributed by atoms with Crippen LogP contribution < -0.4 is 15.2 Å². The Balaban J connectivity index is 1.93. The average molecular weight is 278 g/mol. The fourth-order valence-electron chi connectivity index (χ4n) is 2.30. The smallest absolute Gasteiger partial charge is 0.226 e. The minimum absolute atomic E-state index is 0.0671. The summed E-state index contributed by atoms with van der Waals surface area (Å²) in [6.07, 6.45) is 0.610. The van der Waals surface area contributed by atoms with Crippen molar-refractivity contribution in [1.82, 2.24) is 4.90 Å². The van der Waals surface area contributed by atoms with Crippen LogP contribution in [0, 0.1) is 5.92 Å². The van der Waals surface area contributed by atoms with Crippen molar-refractivity contribution in [2.24, 2.45) is 11.7 Å². The molecule has 20 heavy (non-hydrogen) atoms. The number of carbonyl (C=O) groups is 1. The van der Waals surface area contributed by atoms with Crippen molar-refractivity contribution >= 4 is 5.91 Å². The number of carbonyl (C=O) groups excluding carboxylic acids is 1. The molecule has 2 atom stereocenters. The van der Waals surface area contributed by atoms with E-state index in [-0.39, 0.29) is 17.9 Å². The van der Waals surface area contributed by atoms with Crippen molar-refractivity contribution in [2.75, 3.05) is 26.7 Å². The highest BCUT2D eigenvalue weighted by Crippen LogP contribution is 2.31. The molecule has 5 heteroatoms. The lowest BCUT2D eigenvalue weighted by Gasteiger charge is -2.30. The van der Waals surface area contributed by atoms with Crippen molar-refractivity contribution < 1.29 is 14.3 Å². The number of amides is 1. The van der Waals surface area contributed by atoms with Gasteiger partial charge in [0.05, 0.1) is 12.5 Å². The number of nitrogens with zero attached hydrogens (tertiary/aromatic N) is 1. The standard InChI is InChI=1S/C15H22N2O3/c1-3-11(8-16)15(18)17(2)9-12-10-19-13-6-4-5-7-14(13)20-12/h4-7,11-12H,3,8-10,16H2,1-2H3. The van der Waals surface area contributed by atoms with Gasteiger partial charge in [-0.05, 0) is 18.6 Å². The highest BCUT2D eigenvalue weighted by atomic mass is 16.6. The first-order valence-electron chi connectivity index (χ1n) is 6.99. The second kappa shape index (κ2) is 6.61. The zero-order chi connectivity index (χ0) is 14.5. The first kappa shape index (κ1) is 14.7. The van der Waals surface area contributed by atoms with Gasteiger partial charge in [0.15, 0.2) is 17.6 Å². The summed E-state index contributed by atoms with van der Waals surface area (Å²) < 4.78 is 11.5. The number of nitrogens with two attached hydrogens (primary N) is 1. The number of fused-ring (bicyclic) bond motifs is 1. The van der Waals surface area contributed by atoms with Gasteiger partial charge in [-0.2, -0.15) is 0 Å². The van der Waals surface area contributed by atoms with E-state index in [1.54, 1.807) is 11.9 Å². The molecule has 2 N–H and O–H groups in total. The van der Waals surface area contributed by atoms with Gasteiger partial charge in [0.2, 0.25) is 5.91 Å². The minimum atomic E-state index is -0.144. The Bertz CT molecular complexity index is 460. The number of ether oxygens (including phenoxy) is 2. The molecule has 0 saturated heterocycles. The van der Waals surface area contributed by atoms with Gasteiger partial charge in [0.1, 0.15) is 6.61 Å². The normalized spacial score (nSPS) is 18.4.